The molecule has 1 aromatic heterocycles. The van der Waals surface area contributed by atoms with Gasteiger partial charge in [0.25, 0.3) is 0 Å². The van der Waals surface area contributed by atoms with Crippen LogP contribution in [0.1, 0.15) is 24.0 Å². The van der Waals surface area contributed by atoms with Gasteiger partial charge in [-0.3, -0.25) is 0 Å². The van der Waals surface area contributed by atoms with Gasteiger partial charge in [0, 0.05) is 23.7 Å². The predicted molar refractivity (Wildman–Crippen MR) is 84.5 cm³/mol. The number of hydrogen-bond donors (Lipinski definition) is 2. The van der Waals surface area contributed by atoms with E-state index in [1.54, 1.807) is 6.20 Å². The molecular formula is C17H21N3O. The second kappa shape index (κ2) is 6.14. The van der Waals surface area contributed by atoms with Crippen molar-refractivity contribution >= 4 is 5.82 Å². The molecule has 0 amide bonds. The highest BCUT2D eigenvalue weighted by molar-refractivity contribution is 5.43. The average Bonchev–Trinajstić information content (AvgIpc) is 2.93. The fourth-order valence-electron chi connectivity index (χ4n) is 3.00. The van der Waals surface area contributed by atoms with Gasteiger partial charge < -0.3 is 15.8 Å². The maximum absolute atomic E-state index is 5.99. The van der Waals surface area contributed by atoms with Gasteiger partial charge in [-0.25, -0.2) is 4.98 Å². The number of nitrogen functional groups attached to an aromatic ring is 1. The number of para-hydroxylation sites is 1. The van der Waals surface area contributed by atoms with Crippen LogP contribution < -0.4 is 15.8 Å². The van der Waals surface area contributed by atoms with Crippen molar-refractivity contribution in [1.29, 1.82) is 0 Å². The Balaban J connectivity index is 1.84. The monoisotopic (exact) mass is 283 g/mol. The molecule has 0 bridgehead atoms. The van der Waals surface area contributed by atoms with E-state index in [0.29, 0.717) is 17.8 Å². The second-order valence-corrected chi connectivity index (χ2v) is 5.37. The Hall–Kier alpha value is -2.07. The molecule has 0 spiro atoms. The lowest BCUT2D eigenvalue weighted by Crippen LogP contribution is -2.37. The molecule has 2 heterocycles. The number of nitrogens with one attached hydrogen (secondary N) is 1. The van der Waals surface area contributed by atoms with E-state index < -0.39 is 0 Å². The van der Waals surface area contributed by atoms with Crippen LogP contribution in [0.2, 0.25) is 0 Å². The minimum atomic E-state index is 0.296. The van der Waals surface area contributed by atoms with Crippen LogP contribution in [-0.4, -0.2) is 24.2 Å². The normalized spacial score (nSPS) is 18.0. The lowest BCUT2D eigenvalue weighted by atomic mass is 9.89. The van der Waals surface area contributed by atoms with Crippen molar-refractivity contribution in [3.05, 3.63) is 53.7 Å². The first kappa shape index (κ1) is 13.9. The summed E-state index contributed by atoms with van der Waals surface area (Å²) in [5.41, 5.74) is 8.36. The van der Waals surface area contributed by atoms with Crippen molar-refractivity contribution in [2.75, 3.05) is 18.9 Å². The molecule has 0 saturated carbocycles. The van der Waals surface area contributed by atoms with Crippen molar-refractivity contribution in [1.82, 2.24) is 10.3 Å². The topological polar surface area (TPSA) is 60.2 Å². The lowest BCUT2D eigenvalue weighted by molar-refractivity contribution is 0.298. The highest BCUT2D eigenvalue weighted by Gasteiger charge is 2.31. The maximum atomic E-state index is 5.99. The van der Waals surface area contributed by atoms with Crippen LogP contribution >= 0.6 is 0 Å². The molecule has 0 radical (unpaired) electrons. The number of fused-ring (bicyclic) bond motifs is 1. The first-order valence-corrected chi connectivity index (χ1v) is 7.44. The minimum Gasteiger partial charge on any atom is -0.493 e. The Morgan fingerprint density at radius 3 is 3.00 bits per heavy atom. The molecule has 1 aliphatic heterocycles. The SMILES string of the molecule is CCNC(Cc1cccnc1N)C1COc2ccccc21. The summed E-state index contributed by atoms with van der Waals surface area (Å²) in [7, 11) is 0. The summed E-state index contributed by atoms with van der Waals surface area (Å²) in [5.74, 6) is 1.97. The zero-order chi connectivity index (χ0) is 14.7. The number of likely N-dealkylation sites (N-methyl/N-ethyl adjacent to an activating group) is 1. The van der Waals surface area contributed by atoms with Crippen LogP contribution in [0.15, 0.2) is 42.6 Å². The third-order valence-corrected chi connectivity index (χ3v) is 4.05. The van der Waals surface area contributed by atoms with Gasteiger partial charge >= 0.3 is 0 Å². The van der Waals surface area contributed by atoms with E-state index >= 15 is 0 Å². The molecule has 2 atom stereocenters. The van der Waals surface area contributed by atoms with E-state index in [2.05, 4.69) is 29.4 Å². The van der Waals surface area contributed by atoms with E-state index in [9.17, 15) is 0 Å². The molecule has 0 aliphatic carbocycles. The highest BCUT2D eigenvalue weighted by atomic mass is 16.5. The van der Waals surface area contributed by atoms with Crippen molar-refractivity contribution in [3.63, 3.8) is 0 Å². The average molecular weight is 283 g/mol. The molecule has 4 nitrogen and oxygen atoms in total. The van der Waals surface area contributed by atoms with Gasteiger partial charge in [0.05, 0.1) is 6.61 Å². The van der Waals surface area contributed by atoms with Gasteiger partial charge in [-0.05, 0) is 30.7 Å². The van der Waals surface area contributed by atoms with E-state index in [1.807, 2.05) is 24.3 Å². The molecule has 1 aliphatic rings. The summed E-state index contributed by atoms with van der Waals surface area (Å²) in [4.78, 5) is 4.18. The van der Waals surface area contributed by atoms with E-state index in [-0.39, 0.29) is 0 Å². The molecule has 0 fully saturated rings. The van der Waals surface area contributed by atoms with Gasteiger partial charge in [0.1, 0.15) is 11.6 Å². The van der Waals surface area contributed by atoms with Gasteiger partial charge in [-0.1, -0.05) is 31.2 Å². The van der Waals surface area contributed by atoms with E-state index in [4.69, 9.17) is 10.5 Å². The van der Waals surface area contributed by atoms with Crippen LogP contribution in [0, 0.1) is 0 Å². The van der Waals surface area contributed by atoms with Crippen molar-refractivity contribution in [3.8, 4) is 5.75 Å². The summed E-state index contributed by atoms with van der Waals surface area (Å²) in [6.07, 6.45) is 2.59. The quantitative estimate of drug-likeness (QED) is 0.884. The Morgan fingerprint density at radius 1 is 1.33 bits per heavy atom. The number of ether oxygens (including phenoxy) is 1. The third kappa shape index (κ3) is 2.85. The van der Waals surface area contributed by atoms with Crippen molar-refractivity contribution < 1.29 is 4.74 Å². The molecule has 3 rings (SSSR count). The summed E-state index contributed by atoms with van der Waals surface area (Å²) in [6.45, 7) is 3.77. The second-order valence-electron chi connectivity index (χ2n) is 5.37. The first-order chi connectivity index (χ1) is 10.3. The molecule has 4 heteroatoms. The molecule has 110 valence electrons. The number of hydrogen-bond acceptors (Lipinski definition) is 4. The highest BCUT2D eigenvalue weighted by Crippen LogP contribution is 2.36. The molecule has 2 unspecified atom stereocenters. The van der Waals surface area contributed by atoms with Gasteiger partial charge in [-0.15, -0.1) is 0 Å². The first-order valence-electron chi connectivity index (χ1n) is 7.44. The maximum Gasteiger partial charge on any atom is 0.126 e. The summed E-state index contributed by atoms with van der Waals surface area (Å²) in [5, 5.41) is 3.58. The van der Waals surface area contributed by atoms with Crippen LogP contribution in [0.4, 0.5) is 5.82 Å². The molecular weight excluding hydrogens is 262 g/mol. The van der Waals surface area contributed by atoms with Crippen molar-refractivity contribution in [2.45, 2.75) is 25.3 Å². The standard InChI is InChI=1S/C17H21N3O/c1-2-19-15(10-12-6-5-9-20-17(12)18)14-11-21-16-8-4-3-7-13(14)16/h3-9,14-15,19H,2,10-11H2,1H3,(H2,18,20). The summed E-state index contributed by atoms with van der Waals surface area (Å²) >= 11 is 0. The number of pyridine rings is 1. The van der Waals surface area contributed by atoms with Crippen LogP contribution in [-0.2, 0) is 6.42 Å². The van der Waals surface area contributed by atoms with Crippen LogP contribution in [0.5, 0.6) is 5.75 Å². The third-order valence-electron chi connectivity index (χ3n) is 4.05. The Bertz CT molecular complexity index is 614. The lowest BCUT2D eigenvalue weighted by Gasteiger charge is -2.24. The largest absolute Gasteiger partial charge is 0.493 e. The smallest absolute Gasteiger partial charge is 0.126 e. The Labute approximate surface area is 125 Å². The fraction of sp³-hybridized carbons (Fsp3) is 0.353. The Morgan fingerprint density at radius 2 is 2.19 bits per heavy atom. The zero-order valence-electron chi connectivity index (χ0n) is 12.3. The number of nitrogens with two attached hydrogens (primary N) is 1. The Kier molecular flexibility index (Phi) is 4.06. The van der Waals surface area contributed by atoms with Crippen LogP contribution in [0.25, 0.3) is 0 Å². The number of anilines is 1. The zero-order valence-corrected chi connectivity index (χ0v) is 12.3. The predicted octanol–water partition coefficient (Wildman–Crippen LogP) is 2.36. The molecule has 1 aromatic carbocycles. The summed E-state index contributed by atoms with van der Waals surface area (Å²) in [6, 6.07) is 12.6. The molecule has 21 heavy (non-hydrogen) atoms. The minimum absolute atomic E-state index is 0.296. The number of rotatable bonds is 5. The van der Waals surface area contributed by atoms with E-state index in [0.717, 1.165) is 30.9 Å². The summed E-state index contributed by atoms with van der Waals surface area (Å²) < 4.78 is 5.82. The molecule has 3 N–H and O–H groups in total. The van der Waals surface area contributed by atoms with Crippen molar-refractivity contribution in [2.24, 2.45) is 0 Å². The number of aromatic nitrogens is 1. The fourth-order valence-corrected chi connectivity index (χ4v) is 3.00. The van der Waals surface area contributed by atoms with E-state index in [1.165, 1.54) is 5.56 Å². The molecule has 0 saturated heterocycles. The molecule has 2 aromatic rings. The number of benzene rings is 1. The van der Waals surface area contributed by atoms with Gasteiger partial charge in [-0.2, -0.15) is 0 Å². The van der Waals surface area contributed by atoms with Gasteiger partial charge in [0.15, 0.2) is 0 Å². The number of nitrogens with zero attached hydrogens (tertiary/aromatic N) is 1. The van der Waals surface area contributed by atoms with Crippen LogP contribution in [0.3, 0.4) is 0 Å². The van der Waals surface area contributed by atoms with Gasteiger partial charge in [0.2, 0.25) is 0 Å².